The van der Waals surface area contributed by atoms with Crippen LogP contribution in [0.1, 0.15) is 12.5 Å². The van der Waals surface area contributed by atoms with E-state index in [0.29, 0.717) is 13.1 Å². The average molecular weight is 282 g/mol. The maximum atomic E-state index is 12.8. The molecule has 0 aliphatic heterocycles. The Bertz CT molecular complexity index is 448. The number of rotatable bonds is 7. The van der Waals surface area contributed by atoms with Crippen LogP contribution in [0.4, 0.5) is 4.39 Å². The maximum absolute atomic E-state index is 12.8. The van der Waals surface area contributed by atoms with Gasteiger partial charge in [-0.25, -0.2) is 4.39 Å². The number of carbonyl (C=O) groups is 2. The third kappa shape index (κ3) is 6.29. The molecule has 6 heteroatoms. The molecule has 1 aromatic rings. The number of nitrogens with one attached hydrogen (secondary N) is 3. The molecular formula is C14H21FN3O2+. The van der Waals surface area contributed by atoms with Crippen LogP contribution in [0.25, 0.3) is 0 Å². The number of hydrogen-bond donors (Lipinski definition) is 3. The van der Waals surface area contributed by atoms with Gasteiger partial charge in [0.25, 0.3) is 5.91 Å². The highest BCUT2D eigenvalue weighted by atomic mass is 19.1. The summed E-state index contributed by atoms with van der Waals surface area (Å²) >= 11 is 0. The van der Waals surface area contributed by atoms with Gasteiger partial charge in [0.15, 0.2) is 6.54 Å². The van der Waals surface area contributed by atoms with E-state index in [2.05, 4.69) is 10.6 Å². The fraction of sp³-hybridized carbons (Fsp3) is 0.429. The van der Waals surface area contributed by atoms with Gasteiger partial charge >= 0.3 is 0 Å². The van der Waals surface area contributed by atoms with Crippen molar-refractivity contribution < 1.29 is 18.9 Å². The quantitative estimate of drug-likeness (QED) is 0.606. The molecule has 0 bridgehead atoms. The molecule has 0 spiro atoms. The Morgan fingerprint density at radius 3 is 2.40 bits per heavy atom. The van der Waals surface area contributed by atoms with Crippen molar-refractivity contribution in [3.05, 3.63) is 35.6 Å². The second-order valence-corrected chi connectivity index (χ2v) is 4.67. The van der Waals surface area contributed by atoms with Gasteiger partial charge in [0.1, 0.15) is 12.4 Å². The van der Waals surface area contributed by atoms with Crippen LogP contribution in [-0.2, 0) is 16.1 Å². The largest absolute Gasteiger partial charge is 0.355 e. The summed E-state index contributed by atoms with van der Waals surface area (Å²) in [4.78, 5) is 23.8. The molecule has 3 N–H and O–H groups in total. The van der Waals surface area contributed by atoms with Crippen LogP contribution in [0.2, 0.25) is 0 Å². The summed E-state index contributed by atoms with van der Waals surface area (Å²) in [5.41, 5.74) is 0.959. The van der Waals surface area contributed by atoms with E-state index in [-0.39, 0.29) is 30.7 Å². The lowest BCUT2D eigenvalue weighted by atomic mass is 10.2. The monoisotopic (exact) mass is 282 g/mol. The minimum absolute atomic E-state index is 0.00347. The predicted molar refractivity (Wildman–Crippen MR) is 73.6 cm³/mol. The Morgan fingerprint density at radius 2 is 1.80 bits per heavy atom. The van der Waals surface area contributed by atoms with Gasteiger partial charge in [0.2, 0.25) is 5.91 Å². The summed E-state index contributed by atoms with van der Waals surface area (Å²) in [7, 11) is 1.87. The molecule has 110 valence electrons. The number of amides is 2. The highest BCUT2D eigenvalue weighted by Crippen LogP contribution is 2.00. The first-order valence-corrected chi connectivity index (χ1v) is 6.60. The summed E-state index contributed by atoms with van der Waals surface area (Å²) in [6.07, 6.45) is 0. The standard InChI is InChI=1S/C14H20FN3O2/c1-3-16-13(19)8-17-14(20)10-18(2)9-11-4-6-12(15)7-5-11/h4-7H,3,8-10H2,1-2H3,(H,16,19)(H,17,20)/p+1. The normalized spacial score (nSPS) is 11.8. The van der Waals surface area contributed by atoms with Crippen molar-refractivity contribution in [1.29, 1.82) is 0 Å². The molecule has 0 saturated carbocycles. The van der Waals surface area contributed by atoms with Gasteiger partial charge in [-0.05, 0) is 19.1 Å². The van der Waals surface area contributed by atoms with Crippen molar-refractivity contribution in [2.24, 2.45) is 0 Å². The van der Waals surface area contributed by atoms with Gasteiger partial charge in [-0.3, -0.25) is 9.59 Å². The zero-order valence-corrected chi connectivity index (χ0v) is 11.8. The Balaban J connectivity index is 2.30. The van der Waals surface area contributed by atoms with Crippen molar-refractivity contribution in [3.63, 3.8) is 0 Å². The molecule has 1 atom stereocenters. The van der Waals surface area contributed by atoms with Gasteiger partial charge in [-0.15, -0.1) is 0 Å². The van der Waals surface area contributed by atoms with Gasteiger partial charge < -0.3 is 15.5 Å². The van der Waals surface area contributed by atoms with Crippen LogP contribution in [0.15, 0.2) is 24.3 Å². The van der Waals surface area contributed by atoms with Crippen LogP contribution in [0.5, 0.6) is 0 Å². The van der Waals surface area contributed by atoms with Crippen molar-refractivity contribution in [3.8, 4) is 0 Å². The highest BCUT2D eigenvalue weighted by Gasteiger charge is 2.11. The first-order chi connectivity index (χ1) is 9.51. The number of halogens is 1. The molecule has 1 aromatic carbocycles. The fourth-order valence-electron chi connectivity index (χ4n) is 1.79. The summed E-state index contributed by atoms with van der Waals surface area (Å²) in [5.74, 6) is -0.654. The van der Waals surface area contributed by atoms with Gasteiger partial charge in [-0.2, -0.15) is 0 Å². The van der Waals surface area contributed by atoms with Crippen LogP contribution < -0.4 is 15.5 Å². The molecule has 0 fully saturated rings. The Kier molecular flexibility index (Phi) is 6.66. The molecule has 0 aromatic heterocycles. The third-order valence-electron chi connectivity index (χ3n) is 2.70. The summed E-state index contributed by atoms with van der Waals surface area (Å²) in [6, 6.07) is 6.20. The second kappa shape index (κ2) is 8.27. The fourth-order valence-corrected chi connectivity index (χ4v) is 1.79. The molecule has 0 aliphatic carbocycles. The van der Waals surface area contributed by atoms with E-state index in [4.69, 9.17) is 0 Å². The Labute approximate surface area is 118 Å². The van der Waals surface area contributed by atoms with E-state index < -0.39 is 0 Å². The Hall–Kier alpha value is -1.95. The second-order valence-electron chi connectivity index (χ2n) is 4.67. The van der Waals surface area contributed by atoms with E-state index in [0.717, 1.165) is 10.5 Å². The molecule has 0 heterocycles. The third-order valence-corrected chi connectivity index (χ3v) is 2.70. The van der Waals surface area contributed by atoms with Crippen molar-refractivity contribution in [2.75, 3.05) is 26.7 Å². The lowest BCUT2D eigenvalue weighted by Gasteiger charge is -2.13. The molecule has 1 unspecified atom stereocenters. The minimum atomic E-state index is -0.272. The predicted octanol–water partition coefficient (Wildman–Crippen LogP) is -0.907. The van der Waals surface area contributed by atoms with Crippen LogP contribution in [0.3, 0.4) is 0 Å². The van der Waals surface area contributed by atoms with Crippen molar-refractivity contribution in [1.82, 2.24) is 10.6 Å². The zero-order valence-electron chi connectivity index (χ0n) is 11.8. The maximum Gasteiger partial charge on any atom is 0.275 e. The van der Waals surface area contributed by atoms with Crippen molar-refractivity contribution in [2.45, 2.75) is 13.5 Å². The first kappa shape index (κ1) is 16.1. The number of carbonyl (C=O) groups excluding carboxylic acids is 2. The zero-order chi connectivity index (χ0) is 15.0. The van der Waals surface area contributed by atoms with Gasteiger partial charge in [-0.1, -0.05) is 12.1 Å². The smallest absolute Gasteiger partial charge is 0.275 e. The number of likely N-dealkylation sites (N-methyl/N-ethyl adjacent to an activating group) is 2. The van der Waals surface area contributed by atoms with E-state index >= 15 is 0 Å². The van der Waals surface area contributed by atoms with Gasteiger partial charge in [0.05, 0.1) is 13.6 Å². The van der Waals surface area contributed by atoms with Gasteiger partial charge in [0, 0.05) is 12.1 Å². The van der Waals surface area contributed by atoms with E-state index in [1.807, 2.05) is 14.0 Å². The SMILES string of the molecule is CCNC(=O)CNC(=O)C[NH+](C)Cc1ccc(F)cc1. The number of quaternary nitrogens is 1. The average Bonchev–Trinajstić information content (AvgIpc) is 2.39. The minimum Gasteiger partial charge on any atom is -0.355 e. The molecule has 2 amide bonds. The highest BCUT2D eigenvalue weighted by molar-refractivity contribution is 5.84. The molecule has 1 rings (SSSR count). The molecule has 0 saturated heterocycles. The summed E-state index contributed by atoms with van der Waals surface area (Å²) < 4.78 is 12.8. The molecule has 0 radical (unpaired) electrons. The van der Waals surface area contributed by atoms with Crippen LogP contribution in [0, 0.1) is 5.82 Å². The van der Waals surface area contributed by atoms with E-state index in [1.54, 1.807) is 12.1 Å². The number of benzene rings is 1. The van der Waals surface area contributed by atoms with E-state index in [1.165, 1.54) is 12.1 Å². The first-order valence-electron chi connectivity index (χ1n) is 6.60. The molecule has 0 aliphatic rings. The summed E-state index contributed by atoms with van der Waals surface area (Å²) in [5, 5.41) is 5.16. The van der Waals surface area contributed by atoms with Crippen LogP contribution in [-0.4, -0.2) is 38.5 Å². The van der Waals surface area contributed by atoms with Crippen LogP contribution >= 0.6 is 0 Å². The lowest BCUT2D eigenvalue weighted by molar-refractivity contribution is -0.885. The topological polar surface area (TPSA) is 62.6 Å². The molecule has 5 nitrogen and oxygen atoms in total. The van der Waals surface area contributed by atoms with E-state index in [9.17, 15) is 14.0 Å². The molecule has 20 heavy (non-hydrogen) atoms. The number of hydrogen-bond acceptors (Lipinski definition) is 2. The summed E-state index contributed by atoms with van der Waals surface area (Å²) in [6.45, 7) is 3.24. The molecular weight excluding hydrogens is 261 g/mol. The lowest BCUT2D eigenvalue weighted by Crippen LogP contribution is -3.08. The van der Waals surface area contributed by atoms with Crippen molar-refractivity contribution >= 4 is 11.8 Å². The Morgan fingerprint density at radius 1 is 1.15 bits per heavy atom.